The molecule has 1 fully saturated rings. The summed E-state index contributed by atoms with van der Waals surface area (Å²) in [5.41, 5.74) is 0.273. The summed E-state index contributed by atoms with van der Waals surface area (Å²) in [7, 11) is -3.98. The van der Waals surface area contributed by atoms with E-state index < -0.39 is 26.6 Å². The predicted molar refractivity (Wildman–Crippen MR) is 118 cm³/mol. The molecule has 1 aromatic carbocycles. The SMILES string of the molecule is CC(C)(C)c1cc(NC(=O)c2ccc(F)c(S(=O)(=O)N3CCCC3)c2)n(C(C)(C)C)n1. The van der Waals surface area contributed by atoms with Crippen molar-refractivity contribution in [2.45, 2.75) is 70.2 Å². The van der Waals surface area contributed by atoms with Crippen molar-refractivity contribution in [2.75, 3.05) is 18.4 Å². The van der Waals surface area contributed by atoms with Crippen LogP contribution in [0.5, 0.6) is 0 Å². The van der Waals surface area contributed by atoms with Crippen LogP contribution < -0.4 is 5.32 Å². The minimum Gasteiger partial charge on any atom is -0.307 e. The Morgan fingerprint density at radius 2 is 1.68 bits per heavy atom. The summed E-state index contributed by atoms with van der Waals surface area (Å²) in [4.78, 5) is 12.5. The average Bonchev–Trinajstić information content (AvgIpc) is 3.31. The number of benzene rings is 1. The molecule has 3 rings (SSSR count). The van der Waals surface area contributed by atoms with E-state index in [0.29, 0.717) is 18.9 Å². The highest BCUT2D eigenvalue weighted by Gasteiger charge is 2.31. The molecule has 0 spiro atoms. The zero-order valence-corrected chi connectivity index (χ0v) is 19.8. The van der Waals surface area contributed by atoms with E-state index in [1.165, 1.54) is 10.4 Å². The van der Waals surface area contributed by atoms with Gasteiger partial charge in [0.1, 0.15) is 16.5 Å². The molecule has 1 amide bonds. The summed E-state index contributed by atoms with van der Waals surface area (Å²) in [5, 5.41) is 7.49. The molecular formula is C22H31FN4O3S. The van der Waals surface area contributed by atoms with Crippen LogP contribution in [0, 0.1) is 5.82 Å². The number of amides is 1. The Kier molecular flexibility index (Phi) is 6.05. The highest BCUT2D eigenvalue weighted by atomic mass is 32.2. The first-order valence-electron chi connectivity index (χ1n) is 10.4. The molecule has 0 bridgehead atoms. The Bertz CT molecular complexity index is 1090. The molecule has 0 aliphatic carbocycles. The van der Waals surface area contributed by atoms with Gasteiger partial charge in [0.05, 0.1) is 11.2 Å². The van der Waals surface area contributed by atoms with Crippen molar-refractivity contribution in [3.05, 3.63) is 41.3 Å². The Morgan fingerprint density at radius 3 is 2.23 bits per heavy atom. The molecule has 31 heavy (non-hydrogen) atoms. The maximum absolute atomic E-state index is 14.4. The van der Waals surface area contributed by atoms with Gasteiger partial charge in [0.2, 0.25) is 10.0 Å². The summed E-state index contributed by atoms with van der Waals surface area (Å²) in [6, 6.07) is 5.24. The molecule has 2 heterocycles. The van der Waals surface area contributed by atoms with Gasteiger partial charge in [0.15, 0.2) is 0 Å². The molecule has 2 aromatic rings. The Labute approximate surface area is 183 Å². The summed E-state index contributed by atoms with van der Waals surface area (Å²) < 4.78 is 43.1. The molecule has 1 aromatic heterocycles. The summed E-state index contributed by atoms with van der Waals surface area (Å²) in [6.07, 6.45) is 1.49. The molecule has 1 N–H and O–H groups in total. The van der Waals surface area contributed by atoms with Crippen LogP contribution in [-0.2, 0) is 21.0 Å². The van der Waals surface area contributed by atoms with Crippen molar-refractivity contribution in [2.24, 2.45) is 0 Å². The van der Waals surface area contributed by atoms with E-state index >= 15 is 0 Å². The quantitative estimate of drug-likeness (QED) is 0.760. The van der Waals surface area contributed by atoms with Gasteiger partial charge >= 0.3 is 0 Å². The van der Waals surface area contributed by atoms with Crippen LogP contribution in [0.15, 0.2) is 29.2 Å². The van der Waals surface area contributed by atoms with Gasteiger partial charge in [-0.15, -0.1) is 0 Å². The molecule has 0 saturated carbocycles. The first kappa shape index (κ1) is 23.4. The van der Waals surface area contributed by atoms with Crippen molar-refractivity contribution in [1.29, 1.82) is 0 Å². The monoisotopic (exact) mass is 450 g/mol. The van der Waals surface area contributed by atoms with Gasteiger partial charge in [-0.2, -0.15) is 9.40 Å². The number of carbonyl (C=O) groups excluding carboxylic acids is 1. The maximum Gasteiger partial charge on any atom is 0.256 e. The first-order valence-corrected chi connectivity index (χ1v) is 11.9. The number of nitrogens with zero attached hydrogens (tertiary/aromatic N) is 3. The number of rotatable bonds is 4. The zero-order valence-electron chi connectivity index (χ0n) is 19.0. The van der Waals surface area contributed by atoms with E-state index in [4.69, 9.17) is 0 Å². The number of aromatic nitrogens is 2. The van der Waals surface area contributed by atoms with Gasteiger partial charge in [-0.1, -0.05) is 20.8 Å². The number of halogens is 1. The molecule has 1 saturated heterocycles. The fourth-order valence-corrected chi connectivity index (χ4v) is 5.05. The lowest BCUT2D eigenvalue weighted by Gasteiger charge is -2.23. The van der Waals surface area contributed by atoms with Crippen LogP contribution in [0.3, 0.4) is 0 Å². The predicted octanol–water partition coefficient (Wildman–Crippen LogP) is 4.11. The Hall–Kier alpha value is -2.26. The van der Waals surface area contributed by atoms with E-state index in [2.05, 4.69) is 10.4 Å². The van der Waals surface area contributed by atoms with Crippen LogP contribution in [0.4, 0.5) is 10.2 Å². The van der Waals surface area contributed by atoms with Gasteiger partial charge in [0, 0.05) is 30.1 Å². The third kappa shape index (κ3) is 4.82. The number of carbonyl (C=O) groups is 1. The number of anilines is 1. The minimum absolute atomic E-state index is 0.0677. The van der Waals surface area contributed by atoms with Gasteiger partial charge in [-0.25, -0.2) is 17.5 Å². The van der Waals surface area contributed by atoms with Crippen molar-refractivity contribution in [3.8, 4) is 0 Å². The lowest BCUT2D eigenvalue weighted by atomic mass is 9.92. The second-order valence-corrected chi connectivity index (χ2v) is 11.9. The van der Waals surface area contributed by atoms with Crippen molar-refractivity contribution < 1.29 is 17.6 Å². The summed E-state index contributed by atoms with van der Waals surface area (Å²) in [5.74, 6) is -0.891. The molecule has 1 aliphatic rings. The van der Waals surface area contributed by atoms with Crippen LogP contribution in [-0.4, -0.2) is 41.5 Å². The van der Waals surface area contributed by atoms with E-state index in [0.717, 1.165) is 30.7 Å². The first-order chi connectivity index (χ1) is 14.2. The Morgan fingerprint density at radius 1 is 1.06 bits per heavy atom. The summed E-state index contributed by atoms with van der Waals surface area (Å²) in [6.45, 7) is 12.7. The highest BCUT2D eigenvalue weighted by molar-refractivity contribution is 7.89. The molecule has 0 radical (unpaired) electrons. The normalized spacial score (nSPS) is 16.0. The highest BCUT2D eigenvalue weighted by Crippen LogP contribution is 2.29. The molecule has 0 unspecified atom stereocenters. The molecular weight excluding hydrogens is 419 g/mol. The topological polar surface area (TPSA) is 84.3 Å². The van der Waals surface area contributed by atoms with Gasteiger partial charge in [-0.05, 0) is 51.8 Å². The second kappa shape index (κ2) is 8.02. The summed E-state index contributed by atoms with van der Waals surface area (Å²) >= 11 is 0. The standard InChI is InChI=1S/C22H31FN4O3S/c1-21(2,3)18-14-19(27(25-18)22(4,5)6)24-20(28)15-9-10-16(23)17(13-15)31(29,30)26-11-7-8-12-26/h9-10,13-14H,7-8,11-12H2,1-6H3,(H,24,28). The average molecular weight is 451 g/mol. The van der Waals surface area contributed by atoms with E-state index in [9.17, 15) is 17.6 Å². The fourth-order valence-electron chi connectivity index (χ4n) is 3.45. The third-order valence-electron chi connectivity index (χ3n) is 5.23. The van der Waals surface area contributed by atoms with Crippen LogP contribution in [0.25, 0.3) is 0 Å². The van der Waals surface area contributed by atoms with Crippen LogP contribution in [0.1, 0.15) is 70.4 Å². The zero-order chi connectivity index (χ0) is 23.2. The lowest BCUT2D eigenvalue weighted by Crippen LogP contribution is -2.29. The fraction of sp³-hybridized carbons (Fsp3) is 0.545. The largest absolute Gasteiger partial charge is 0.307 e. The van der Waals surface area contributed by atoms with Gasteiger partial charge < -0.3 is 5.32 Å². The maximum atomic E-state index is 14.4. The molecule has 1 aliphatic heterocycles. The van der Waals surface area contributed by atoms with Crippen LogP contribution >= 0.6 is 0 Å². The molecule has 170 valence electrons. The van der Waals surface area contributed by atoms with Crippen molar-refractivity contribution in [3.63, 3.8) is 0 Å². The second-order valence-electron chi connectivity index (χ2n) is 9.96. The number of hydrogen-bond acceptors (Lipinski definition) is 4. The van der Waals surface area contributed by atoms with Crippen LogP contribution in [0.2, 0.25) is 0 Å². The lowest BCUT2D eigenvalue weighted by molar-refractivity contribution is 0.102. The number of nitrogens with one attached hydrogen (secondary N) is 1. The molecule has 7 nitrogen and oxygen atoms in total. The van der Waals surface area contributed by atoms with E-state index in [-0.39, 0.29) is 16.5 Å². The van der Waals surface area contributed by atoms with Gasteiger partial charge in [0.25, 0.3) is 5.91 Å². The van der Waals surface area contributed by atoms with Crippen molar-refractivity contribution in [1.82, 2.24) is 14.1 Å². The van der Waals surface area contributed by atoms with E-state index in [1.54, 1.807) is 4.68 Å². The van der Waals surface area contributed by atoms with Gasteiger partial charge in [-0.3, -0.25) is 4.79 Å². The number of sulfonamides is 1. The number of hydrogen-bond donors (Lipinski definition) is 1. The Balaban J connectivity index is 1.96. The van der Waals surface area contributed by atoms with Crippen molar-refractivity contribution >= 4 is 21.7 Å². The minimum atomic E-state index is -3.98. The smallest absolute Gasteiger partial charge is 0.256 e. The third-order valence-corrected chi connectivity index (χ3v) is 7.14. The van der Waals surface area contributed by atoms with E-state index in [1.807, 2.05) is 47.6 Å². The molecule has 9 heteroatoms. The molecule has 0 atom stereocenters.